The highest BCUT2D eigenvalue weighted by atomic mass is 32.2. The summed E-state index contributed by atoms with van der Waals surface area (Å²) < 4.78 is 29.5. The molecule has 6 nitrogen and oxygen atoms in total. The third-order valence-corrected chi connectivity index (χ3v) is 7.29. The monoisotopic (exact) mass is 366 g/mol. The standard InChI is InChI=1S/C18H26N2O4S/c1-25(22,23)18(9-11-19-12-10-18)17(21)20-13-7-16(8-14-20)24-15-5-3-2-4-6-15/h2-6,16,19H,7-14H2,1H3. The molecule has 7 heteroatoms. The molecule has 2 saturated heterocycles. The van der Waals surface area contributed by atoms with E-state index in [9.17, 15) is 13.2 Å². The first-order valence-electron chi connectivity index (χ1n) is 8.84. The van der Waals surface area contributed by atoms with Crippen LogP contribution >= 0.6 is 0 Å². The molecule has 0 bridgehead atoms. The number of carbonyl (C=O) groups excluding carboxylic acids is 1. The van der Waals surface area contributed by atoms with Gasteiger partial charge in [-0.05, 0) is 38.1 Å². The van der Waals surface area contributed by atoms with E-state index in [0.717, 1.165) is 18.6 Å². The van der Waals surface area contributed by atoms with Crippen molar-refractivity contribution in [3.63, 3.8) is 0 Å². The molecule has 138 valence electrons. The molecule has 25 heavy (non-hydrogen) atoms. The predicted octanol–water partition coefficient (Wildman–Crippen LogP) is 1.22. The van der Waals surface area contributed by atoms with E-state index in [1.807, 2.05) is 30.3 Å². The van der Waals surface area contributed by atoms with Gasteiger partial charge < -0.3 is 15.0 Å². The number of ether oxygens (including phenoxy) is 1. The minimum absolute atomic E-state index is 0.0636. The van der Waals surface area contributed by atoms with Crippen molar-refractivity contribution in [2.45, 2.75) is 36.5 Å². The van der Waals surface area contributed by atoms with E-state index in [-0.39, 0.29) is 12.0 Å². The lowest BCUT2D eigenvalue weighted by molar-refractivity contribution is -0.136. The Morgan fingerprint density at radius 3 is 2.32 bits per heavy atom. The molecule has 0 atom stereocenters. The van der Waals surface area contributed by atoms with Crippen LogP contribution in [-0.2, 0) is 14.6 Å². The minimum atomic E-state index is -3.46. The van der Waals surface area contributed by atoms with Crippen molar-refractivity contribution < 1.29 is 17.9 Å². The quantitative estimate of drug-likeness (QED) is 0.867. The Hall–Kier alpha value is -1.60. The molecular formula is C18H26N2O4S. The molecular weight excluding hydrogens is 340 g/mol. The molecule has 3 rings (SSSR count). The molecule has 1 aromatic carbocycles. The number of likely N-dealkylation sites (tertiary alicyclic amines) is 1. The minimum Gasteiger partial charge on any atom is -0.490 e. The van der Waals surface area contributed by atoms with Gasteiger partial charge in [0.15, 0.2) is 14.6 Å². The smallest absolute Gasteiger partial charge is 0.244 e. The van der Waals surface area contributed by atoms with Gasteiger partial charge >= 0.3 is 0 Å². The number of piperidine rings is 2. The molecule has 2 heterocycles. The second-order valence-corrected chi connectivity index (χ2v) is 9.26. The Bertz CT molecular complexity index is 691. The Kier molecular flexibility index (Phi) is 5.34. The second kappa shape index (κ2) is 7.33. The number of para-hydroxylation sites is 1. The summed E-state index contributed by atoms with van der Waals surface area (Å²) in [5, 5.41) is 3.15. The number of rotatable bonds is 4. The molecule has 2 fully saturated rings. The zero-order chi connectivity index (χ0) is 17.9. The molecule has 2 aliphatic heterocycles. The molecule has 2 aliphatic rings. The Labute approximate surface area is 149 Å². The number of sulfone groups is 1. The summed E-state index contributed by atoms with van der Waals surface area (Å²) in [6, 6.07) is 9.65. The third-order valence-electron chi connectivity index (χ3n) is 5.29. The zero-order valence-electron chi connectivity index (χ0n) is 14.6. The van der Waals surface area contributed by atoms with Crippen LogP contribution in [0.4, 0.5) is 0 Å². The van der Waals surface area contributed by atoms with E-state index in [0.29, 0.717) is 39.0 Å². The summed E-state index contributed by atoms with van der Waals surface area (Å²) in [5.74, 6) is 0.605. The first kappa shape index (κ1) is 18.2. The number of hydrogen-bond donors (Lipinski definition) is 1. The average Bonchev–Trinajstić information content (AvgIpc) is 2.62. The fraction of sp³-hybridized carbons (Fsp3) is 0.611. The van der Waals surface area contributed by atoms with E-state index in [4.69, 9.17) is 4.74 Å². The second-order valence-electron chi connectivity index (χ2n) is 6.94. The first-order valence-corrected chi connectivity index (χ1v) is 10.7. The lowest BCUT2D eigenvalue weighted by Gasteiger charge is -2.41. The number of carbonyl (C=O) groups is 1. The summed E-state index contributed by atoms with van der Waals surface area (Å²) in [4.78, 5) is 14.8. The maximum absolute atomic E-state index is 13.1. The van der Waals surface area contributed by atoms with Crippen molar-refractivity contribution in [2.24, 2.45) is 0 Å². The van der Waals surface area contributed by atoms with Crippen LogP contribution in [0.2, 0.25) is 0 Å². The van der Waals surface area contributed by atoms with Crippen molar-refractivity contribution in [2.75, 3.05) is 32.4 Å². The number of hydrogen-bond acceptors (Lipinski definition) is 5. The highest BCUT2D eigenvalue weighted by molar-refractivity contribution is 7.92. The van der Waals surface area contributed by atoms with Crippen molar-refractivity contribution in [1.29, 1.82) is 0 Å². The van der Waals surface area contributed by atoms with Crippen LogP contribution in [0, 0.1) is 0 Å². The SMILES string of the molecule is CS(=O)(=O)C1(C(=O)N2CCC(Oc3ccccc3)CC2)CCNCC1. The predicted molar refractivity (Wildman–Crippen MR) is 96.4 cm³/mol. The Morgan fingerprint density at radius 2 is 1.76 bits per heavy atom. The Balaban J connectivity index is 1.64. The van der Waals surface area contributed by atoms with Gasteiger partial charge in [-0.25, -0.2) is 8.42 Å². The van der Waals surface area contributed by atoms with E-state index in [2.05, 4.69) is 5.32 Å². The maximum Gasteiger partial charge on any atom is 0.244 e. The van der Waals surface area contributed by atoms with Gasteiger partial charge in [-0.3, -0.25) is 4.79 Å². The fourth-order valence-corrected chi connectivity index (χ4v) is 5.12. The van der Waals surface area contributed by atoms with Gasteiger partial charge in [-0.1, -0.05) is 18.2 Å². The molecule has 1 N–H and O–H groups in total. The lowest BCUT2D eigenvalue weighted by Crippen LogP contribution is -2.59. The molecule has 1 aromatic rings. The molecule has 0 spiro atoms. The van der Waals surface area contributed by atoms with Gasteiger partial charge in [0.05, 0.1) is 0 Å². The normalized spacial score (nSPS) is 21.7. The molecule has 1 amide bonds. The molecule has 0 radical (unpaired) electrons. The van der Waals surface area contributed by atoms with Gasteiger partial charge in [0.25, 0.3) is 0 Å². The van der Waals surface area contributed by atoms with Crippen LogP contribution in [-0.4, -0.2) is 62.5 Å². The van der Waals surface area contributed by atoms with Crippen molar-refractivity contribution in [3.8, 4) is 5.75 Å². The molecule has 0 saturated carbocycles. The van der Waals surface area contributed by atoms with Crippen molar-refractivity contribution >= 4 is 15.7 Å². The fourth-order valence-electron chi connectivity index (χ4n) is 3.73. The largest absolute Gasteiger partial charge is 0.490 e. The van der Waals surface area contributed by atoms with Gasteiger partial charge in [-0.2, -0.15) is 0 Å². The van der Waals surface area contributed by atoms with Gasteiger partial charge in [0, 0.05) is 32.2 Å². The maximum atomic E-state index is 13.1. The van der Waals surface area contributed by atoms with E-state index in [1.54, 1.807) is 4.90 Å². The summed E-state index contributed by atoms with van der Waals surface area (Å²) in [6.07, 6.45) is 3.41. The van der Waals surface area contributed by atoms with Crippen molar-refractivity contribution in [1.82, 2.24) is 10.2 Å². The number of nitrogens with zero attached hydrogens (tertiary/aromatic N) is 1. The van der Waals surface area contributed by atoms with E-state index < -0.39 is 14.6 Å². The van der Waals surface area contributed by atoms with Crippen LogP contribution < -0.4 is 10.1 Å². The van der Waals surface area contributed by atoms with Gasteiger partial charge in [0.2, 0.25) is 5.91 Å². The van der Waals surface area contributed by atoms with E-state index in [1.165, 1.54) is 6.26 Å². The summed E-state index contributed by atoms with van der Waals surface area (Å²) in [6.45, 7) is 2.21. The van der Waals surface area contributed by atoms with Crippen LogP contribution in [0.1, 0.15) is 25.7 Å². The third kappa shape index (κ3) is 3.82. The van der Waals surface area contributed by atoms with Crippen LogP contribution in [0.3, 0.4) is 0 Å². The van der Waals surface area contributed by atoms with Gasteiger partial charge in [-0.15, -0.1) is 0 Å². The number of amides is 1. The average molecular weight is 366 g/mol. The van der Waals surface area contributed by atoms with E-state index >= 15 is 0 Å². The summed E-state index contributed by atoms with van der Waals surface area (Å²) >= 11 is 0. The zero-order valence-corrected chi connectivity index (χ0v) is 15.4. The van der Waals surface area contributed by atoms with Crippen LogP contribution in [0.15, 0.2) is 30.3 Å². The Morgan fingerprint density at radius 1 is 1.16 bits per heavy atom. The summed E-state index contributed by atoms with van der Waals surface area (Å²) in [5.41, 5.74) is 0. The van der Waals surface area contributed by atoms with Crippen LogP contribution in [0.25, 0.3) is 0 Å². The lowest BCUT2D eigenvalue weighted by atomic mass is 9.94. The first-order chi connectivity index (χ1) is 11.9. The highest BCUT2D eigenvalue weighted by Crippen LogP contribution is 2.31. The molecule has 0 unspecified atom stereocenters. The molecule has 0 aromatic heterocycles. The number of nitrogens with one attached hydrogen (secondary N) is 1. The number of benzene rings is 1. The highest BCUT2D eigenvalue weighted by Gasteiger charge is 2.50. The summed E-state index contributed by atoms with van der Waals surface area (Å²) in [7, 11) is -3.46. The molecule has 0 aliphatic carbocycles. The topological polar surface area (TPSA) is 75.7 Å². The van der Waals surface area contributed by atoms with Crippen LogP contribution in [0.5, 0.6) is 5.75 Å². The van der Waals surface area contributed by atoms with Crippen molar-refractivity contribution in [3.05, 3.63) is 30.3 Å². The van der Waals surface area contributed by atoms with Gasteiger partial charge in [0.1, 0.15) is 11.9 Å².